The zero-order chi connectivity index (χ0) is 17.6. The van der Waals surface area contributed by atoms with E-state index < -0.39 is 39.1 Å². The first kappa shape index (κ1) is 16.7. The summed E-state index contributed by atoms with van der Waals surface area (Å²) in [5.41, 5.74) is 0.574. The van der Waals surface area contributed by atoms with E-state index in [-0.39, 0.29) is 12.3 Å². The molecule has 0 spiro atoms. The van der Waals surface area contributed by atoms with Crippen molar-refractivity contribution in [2.24, 2.45) is 0 Å². The first-order valence-corrected chi connectivity index (χ1v) is 8.18. The number of amides is 1. The third-order valence-electron chi connectivity index (χ3n) is 4.16. The van der Waals surface area contributed by atoms with Crippen molar-refractivity contribution in [3.63, 3.8) is 0 Å². The lowest BCUT2D eigenvalue weighted by molar-refractivity contribution is -0.384. The number of nitro groups is 1. The number of carbonyl (C=O) groups is 2. The van der Waals surface area contributed by atoms with Gasteiger partial charge in [-0.3, -0.25) is 14.9 Å². The largest absolute Gasteiger partial charge is 0.459 e. The Morgan fingerprint density at radius 1 is 1.42 bits per heavy atom. The number of aliphatic hydroxyl groups excluding tert-OH is 1. The molecule has 1 aromatic carbocycles. The predicted octanol–water partition coefficient (Wildman–Crippen LogP) is 1.06. The summed E-state index contributed by atoms with van der Waals surface area (Å²) in [7, 11) is 0. The van der Waals surface area contributed by atoms with E-state index >= 15 is 0 Å². The SMILES string of the molecule is CC1(C)S[C@@H]2[C@@H](O)C(=O)N2[C@H]1C(=O)OCc1ccc([N+](=O)[O-])cc1. The van der Waals surface area contributed by atoms with E-state index in [1.54, 1.807) is 0 Å². The monoisotopic (exact) mass is 352 g/mol. The molecule has 0 saturated carbocycles. The van der Waals surface area contributed by atoms with E-state index in [4.69, 9.17) is 4.74 Å². The molecule has 2 aliphatic heterocycles. The van der Waals surface area contributed by atoms with Gasteiger partial charge in [-0.15, -0.1) is 11.8 Å². The van der Waals surface area contributed by atoms with E-state index in [1.807, 2.05) is 13.8 Å². The average Bonchev–Trinajstić information content (AvgIpc) is 2.81. The number of β-lactam (4-membered cyclic amide) rings is 1. The molecule has 3 atom stereocenters. The number of nitrogens with zero attached hydrogens (tertiary/aromatic N) is 2. The molecule has 0 aromatic heterocycles. The third kappa shape index (κ3) is 2.63. The standard InChI is InChI=1S/C15H16N2O6S/c1-15(2)11(16-12(19)10(18)13(16)24-15)14(20)23-7-8-3-5-9(6-4-8)17(21)22/h3-6,10-11,13,18H,7H2,1-2H3/t10-,11-,13+/m0/s1. The van der Waals surface area contributed by atoms with Crippen molar-refractivity contribution in [1.82, 2.24) is 4.90 Å². The van der Waals surface area contributed by atoms with Crippen molar-refractivity contribution in [2.45, 2.75) is 42.7 Å². The molecule has 2 heterocycles. The summed E-state index contributed by atoms with van der Waals surface area (Å²) in [6, 6.07) is 4.94. The molecule has 9 heteroatoms. The Labute approximate surface area is 141 Å². The summed E-state index contributed by atoms with van der Waals surface area (Å²) >= 11 is 1.37. The highest BCUT2D eigenvalue weighted by Crippen LogP contribution is 2.51. The highest BCUT2D eigenvalue weighted by atomic mass is 32.2. The van der Waals surface area contributed by atoms with Gasteiger partial charge in [0.2, 0.25) is 0 Å². The van der Waals surface area contributed by atoms with Gasteiger partial charge in [0.1, 0.15) is 18.0 Å². The molecule has 0 aliphatic carbocycles. The number of hydrogen-bond donors (Lipinski definition) is 1. The molecule has 2 saturated heterocycles. The highest BCUT2D eigenvalue weighted by Gasteiger charge is 2.63. The van der Waals surface area contributed by atoms with Gasteiger partial charge >= 0.3 is 5.97 Å². The van der Waals surface area contributed by atoms with Gasteiger partial charge in [-0.2, -0.15) is 0 Å². The Bertz CT molecular complexity index is 704. The molecule has 2 fully saturated rings. The van der Waals surface area contributed by atoms with E-state index in [9.17, 15) is 24.8 Å². The minimum absolute atomic E-state index is 0.0384. The number of aliphatic hydroxyl groups is 1. The number of carbonyl (C=O) groups excluding carboxylic acids is 2. The summed E-state index contributed by atoms with van der Waals surface area (Å²) in [6.45, 7) is 3.62. The number of benzene rings is 1. The van der Waals surface area contributed by atoms with Gasteiger partial charge in [0.15, 0.2) is 6.10 Å². The van der Waals surface area contributed by atoms with Gasteiger partial charge in [0, 0.05) is 16.9 Å². The molecule has 1 N–H and O–H groups in total. The molecule has 1 amide bonds. The van der Waals surface area contributed by atoms with Crippen LogP contribution in [-0.4, -0.2) is 49.1 Å². The van der Waals surface area contributed by atoms with E-state index in [2.05, 4.69) is 0 Å². The predicted molar refractivity (Wildman–Crippen MR) is 85.0 cm³/mol. The molecule has 0 radical (unpaired) electrons. The Morgan fingerprint density at radius 3 is 2.62 bits per heavy atom. The molecule has 0 bridgehead atoms. The highest BCUT2D eigenvalue weighted by molar-refractivity contribution is 8.01. The van der Waals surface area contributed by atoms with Crippen LogP contribution in [0, 0.1) is 10.1 Å². The van der Waals surface area contributed by atoms with Crippen molar-refractivity contribution in [1.29, 1.82) is 0 Å². The Kier molecular flexibility index (Phi) is 4.00. The van der Waals surface area contributed by atoms with Crippen molar-refractivity contribution in [3.8, 4) is 0 Å². The fourth-order valence-electron chi connectivity index (χ4n) is 2.92. The van der Waals surface area contributed by atoms with Crippen LogP contribution in [0.25, 0.3) is 0 Å². The molecule has 3 rings (SSSR count). The number of fused-ring (bicyclic) bond motifs is 1. The van der Waals surface area contributed by atoms with Crippen molar-refractivity contribution in [3.05, 3.63) is 39.9 Å². The van der Waals surface area contributed by atoms with Crippen LogP contribution >= 0.6 is 11.8 Å². The van der Waals surface area contributed by atoms with Crippen LogP contribution in [-0.2, 0) is 20.9 Å². The number of ether oxygens (including phenoxy) is 1. The molecule has 2 aliphatic rings. The van der Waals surface area contributed by atoms with Crippen LogP contribution in [0.15, 0.2) is 24.3 Å². The summed E-state index contributed by atoms with van der Waals surface area (Å²) < 4.78 is 4.72. The maximum Gasteiger partial charge on any atom is 0.330 e. The fourth-order valence-corrected chi connectivity index (χ4v) is 4.47. The van der Waals surface area contributed by atoms with E-state index in [0.29, 0.717) is 5.56 Å². The van der Waals surface area contributed by atoms with Crippen LogP contribution in [0.2, 0.25) is 0 Å². The lowest BCUT2D eigenvalue weighted by Gasteiger charge is -2.41. The molecular weight excluding hydrogens is 336 g/mol. The van der Waals surface area contributed by atoms with Gasteiger partial charge < -0.3 is 14.7 Å². The topological polar surface area (TPSA) is 110 Å². The summed E-state index contributed by atoms with van der Waals surface area (Å²) in [5, 5.41) is 19.9. The lowest BCUT2D eigenvalue weighted by atomic mass is 9.97. The Hall–Kier alpha value is -2.13. The van der Waals surface area contributed by atoms with Crippen molar-refractivity contribution < 1.29 is 24.4 Å². The lowest BCUT2D eigenvalue weighted by Crippen LogP contribution is -2.65. The Balaban J connectivity index is 1.66. The van der Waals surface area contributed by atoms with Crippen LogP contribution in [0.3, 0.4) is 0 Å². The third-order valence-corrected chi connectivity index (χ3v) is 5.72. The molecule has 24 heavy (non-hydrogen) atoms. The van der Waals surface area contributed by atoms with Gasteiger partial charge in [-0.25, -0.2) is 4.79 Å². The number of hydrogen-bond acceptors (Lipinski definition) is 7. The molecule has 0 unspecified atom stereocenters. The van der Waals surface area contributed by atoms with Crippen LogP contribution in [0.4, 0.5) is 5.69 Å². The minimum atomic E-state index is -1.07. The quantitative estimate of drug-likeness (QED) is 0.373. The van der Waals surface area contributed by atoms with Crippen molar-refractivity contribution >= 4 is 29.3 Å². The van der Waals surface area contributed by atoms with Crippen molar-refractivity contribution in [2.75, 3.05) is 0 Å². The number of esters is 1. The fraction of sp³-hybridized carbons (Fsp3) is 0.467. The first-order valence-electron chi connectivity index (χ1n) is 7.30. The van der Waals surface area contributed by atoms with E-state index in [0.717, 1.165) is 0 Å². The van der Waals surface area contributed by atoms with Crippen LogP contribution in [0.5, 0.6) is 0 Å². The smallest absolute Gasteiger partial charge is 0.330 e. The van der Waals surface area contributed by atoms with Gasteiger partial charge in [0.25, 0.3) is 11.6 Å². The van der Waals surface area contributed by atoms with Crippen LogP contribution < -0.4 is 0 Å². The van der Waals surface area contributed by atoms with Crippen LogP contribution in [0.1, 0.15) is 19.4 Å². The zero-order valence-electron chi connectivity index (χ0n) is 13.0. The number of thioether (sulfide) groups is 1. The normalized spacial score (nSPS) is 27.4. The second-order valence-electron chi connectivity index (χ2n) is 6.24. The molecular formula is C15H16N2O6S. The number of rotatable bonds is 4. The summed E-state index contributed by atoms with van der Waals surface area (Å²) in [4.78, 5) is 35.7. The summed E-state index contributed by atoms with van der Waals surface area (Å²) in [6.07, 6.45) is -1.07. The Morgan fingerprint density at radius 2 is 2.04 bits per heavy atom. The molecule has 1 aromatic rings. The van der Waals surface area contributed by atoms with Gasteiger partial charge in [-0.05, 0) is 31.5 Å². The zero-order valence-corrected chi connectivity index (χ0v) is 13.9. The second kappa shape index (κ2) is 5.75. The minimum Gasteiger partial charge on any atom is -0.459 e. The molecule has 128 valence electrons. The van der Waals surface area contributed by atoms with E-state index in [1.165, 1.54) is 40.9 Å². The number of nitro benzene ring substituents is 1. The second-order valence-corrected chi connectivity index (χ2v) is 8.01. The van der Waals surface area contributed by atoms with Gasteiger partial charge in [-0.1, -0.05) is 0 Å². The maximum atomic E-state index is 12.4. The number of non-ortho nitro benzene ring substituents is 1. The first-order chi connectivity index (χ1) is 11.2. The maximum absolute atomic E-state index is 12.4. The summed E-state index contributed by atoms with van der Waals surface area (Å²) in [5.74, 6) is -1.01. The van der Waals surface area contributed by atoms with Gasteiger partial charge in [0.05, 0.1) is 4.92 Å². The molecule has 8 nitrogen and oxygen atoms in total. The average molecular weight is 352 g/mol.